The smallest absolute Gasteiger partial charge is 0.258 e. The Morgan fingerprint density at radius 1 is 1.24 bits per heavy atom. The molecule has 0 unspecified atom stereocenters. The van der Waals surface area contributed by atoms with Crippen molar-refractivity contribution in [1.29, 1.82) is 0 Å². The molecule has 0 spiro atoms. The molecule has 0 saturated carbocycles. The lowest BCUT2D eigenvalue weighted by Crippen LogP contribution is -2.38. The van der Waals surface area contributed by atoms with Gasteiger partial charge >= 0.3 is 0 Å². The Kier molecular flexibility index (Phi) is 4.95. The molecule has 4 rings (SSSR count). The lowest BCUT2D eigenvalue weighted by molar-refractivity contribution is -0.123. The zero-order valence-electron chi connectivity index (χ0n) is 16.1. The summed E-state index contributed by atoms with van der Waals surface area (Å²) in [5.41, 5.74) is 3.67. The highest BCUT2D eigenvalue weighted by atomic mass is 32.2. The fraction of sp³-hybridized carbons (Fsp3) is 0.368. The van der Waals surface area contributed by atoms with Gasteiger partial charge < -0.3 is 10.1 Å². The van der Waals surface area contributed by atoms with Gasteiger partial charge in [-0.15, -0.1) is 0 Å². The minimum Gasteiger partial charge on any atom is -0.467 e. The molecule has 1 N–H and O–H groups in total. The van der Waals surface area contributed by atoms with Crippen LogP contribution < -0.4 is 10.1 Å². The third kappa shape index (κ3) is 4.21. The molecule has 1 atom stereocenters. The summed E-state index contributed by atoms with van der Waals surface area (Å²) in [6.07, 6.45) is 3.39. The van der Waals surface area contributed by atoms with Crippen LogP contribution in [0.5, 0.6) is 5.88 Å². The Morgan fingerprint density at radius 3 is 2.69 bits per heavy atom. The Bertz CT molecular complexity index is 1170. The van der Waals surface area contributed by atoms with Crippen LogP contribution in [0.2, 0.25) is 0 Å². The molecule has 3 heterocycles. The number of carbonyl (C=O) groups is 1. The number of aryl methyl sites for hydroxylation is 2. The van der Waals surface area contributed by atoms with Crippen LogP contribution >= 0.6 is 0 Å². The number of hydrogen-bond donors (Lipinski definition) is 1. The van der Waals surface area contributed by atoms with Gasteiger partial charge in [-0.1, -0.05) is 6.07 Å². The molecule has 0 bridgehead atoms. The Labute approximate surface area is 168 Å². The zero-order valence-corrected chi connectivity index (χ0v) is 16.9. The summed E-state index contributed by atoms with van der Waals surface area (Å²) in [5.74, 6) is -0.0670. The van der Waals surface area contributed by atoms with E-state index in [1.54, 1.807) is 10.9 Å². The predicted molar refractivity (Wildman–Crippen MR) is 107 cm³/mol. The van der Waals surface area contributed by atoms with Crippen LogP contribution in [0.1, 0.15) is 17.5 Å². The first-order chi connectivity index (χ1) is 13.8. The normalized spacial score (nSPS) is 18.1. The van der Waals surface area contributed by atoms with Gasteiger partial charge in [-0.3, -0.25) is 4.79 Å². The number of aromatic nitrogens is 4. The largest absolute Gasteiger partial charge is 0.467 e. The van der Waals surface area contributed by atoms with Crippen molar-refractivity contribution in [2.24, 2.45) is 0 Å². The van der Waals surface area contributed by atoms with Crippen molar-refractivity contribution in [2.75, 3.05) is 18.1 Å². The van der Waals surface area contributed by atoms with E-state index >= 15 is 0 Å². The Morgan fingerprint density at radius 2 is 2.00 bits per heavy atom. The quantitative estimate of drug-likeness (QED) is 0.664. The summed E-state index contributed by atoms with van der Waals surface area (Å²) in [5, 5.41) is 7.68. The molecule has 10 heteroatoms. The van der Waals surface area contributed by atoms with E-state index in [1.165, 1.54) is 6.33 Å². The molecular formula is C19H21N5O4S. The molecular weight excluding hydrogens is 394 g/mol. The first kappa shape index (κ1) is 19.3. The molecule has 1 aliphatic heterocycles. The second-order valence-corrected chi connectivity index (χ2v) is 9.50. The lowest BCUT2D eigenvalue weighted by Gasteiger charge is -2.11. The summed E-state index contributed by atoms with van der Waals surface area (Å²) in [6.45, 7) is 3.76. The molecule has 1 saturated heterocycles. The van der Waals surface area contributed by atoms with Crippen LogP contribution in [0.3, 0.4) is 0 Å². The van der Waals surface area contributed by atoms with Crippen LogP contribution in [-0.4, -0.2) is 58.2 Å². The van der Waals surface area contributed by atoms with Gasteiger partial charge in [-0.25, -0.2) is 23.1 Å². The van der Waals surface area contributed by atoms with E-state index in [9.17, 15) is 13.2 Å². The molecule has 29 heavy (non-hydrogen) atoms. The van der Waals surface area contributed by atoms with Gasteiger partial charge in [0.25, 0.3) is 5.91 Å². The summed E-state index contributed by atoms with van der Waals surface area (Å²) < 4.78 is 30.3. The third-order valence-electron chi connectivity index (χ3n) is 4.72. The maximum Gasteiger partial charge on any atom is 0.258 e. The first-order valence-corrected chi connectivity index (χ1v) is 11.0. The van der Waals surface area contributed by atoms with E-state index in [1.807, 2.05) is 26.0 Å². The number of fused-ring (bicyclic) bond motifs is 1. The molecule has 1 fully saturated rings. The van der Waals surface area contributed by atoms with Crippen LogP contribution in [0.25, 0.3) is 16.7 Å². The van der Waals surface area contributed by atoms with Crippen LogP contribution in [0.4, 0.5) is 0 Å². The van der Waals surface area contributed by atoms with Gasteiger partial charge in [-0.05, 0) is 43.5 Å². The third-order valence-corrected chi connectivity index (χ3v) is 6.49. The van der Waals surface area contributed by atoms with Gasteiger partial charge in [0.15, 0.2) is 22.1 Å². The molecule has 2 aromatic heterocycles. The number of benzene rings is 1. The van der Waals surface area contributed by atoms with Gasteiger partial charge in [-0.2, -0.15) is 5.10 Å². The van der Waals surface area contributed by atoms with Crippen LogP contribution in [0, 0.1) is 13.8 Å². The topological polar surface area (TPSA) is 116 Å². The molecule has 152 valence electrons. The first-order valence-electron chi connectivity index (χ1n) is 9.21. The molecule has 0 radical (unpaired) electrons. The standard InChI is InChI=1S/C19H21N5O4S/c1-12-5-13(2)7-15(6-12)24-18-16(8-22-24)19(21-11-20-18)28-9-17(25)23-14-3-4-29(26,27)10-14/h5-8,11,14H,3-4,9-10H2,1-2H3,(H,23,25)/t14-/m0/s1. The van der Waals surface area contributed by atoms with Crippen molar-refractivity contribution in [2.45, 2.75) is 26.3 Å². The fourth-order valence-electron chi connectivity index (χ4n) is 3.51. The second-order valence-electron chi connectivity index (χ2n) is 7.27. The van der Waals surface area contributed by atoms with Crippen LogP contribution in [-0.2, 0) is 14.6 Å². The van der Waals surface area contributed by atoms with E-state index in [-0.39, 0.29) is 35.9 Å². The molecule has 1 aliphatic rings. The average Bonchev–Trinajstić information content (AvgIpc) is 3.22. The molecule has 3 aromatic rings. The number of carbonyl (C=O) groups excluding carboxylic acids is 1. The van der Waals surface area contributed by atoms with Gasteiger partial charge in [0.05, 0.1) is 23.4 Å². The minimum atomic E-state index is -3.05. The number of rotatable bonds is 5. The van der Waals surface area contributed by atoms with Crippen LogP contribution in [0.15, 0.2) is 30.7 Å². The van der Waals surface area contributed by atoms with E-state index in [0.29, 0.717) is 17.5 Å². The minimum absolute atomic E-state index is 0.0286. The van der Waals surface area contributed by atoms with Crippen molar-refractivity contribution < 1.29 is 17.9 Å². The van der Waals surface area contributed by atoms with Crippen molar-refractivity contribution in [3.05, 3.63) is 41.9 Å². The maximum absolute atomic E-state index is 12.1. The lowest BCUT2D eigenvalue weighted by atomic mass is 10.1. The van der Waals surface area contributed by atoms with Gasteiger partial charge in [0.2, 0.25) is 5.88 Å². The molecule has 9 nitrogen and oxygen atoms in total. The number of hydrogen-bond acceptors (Lipinski definition) is 7. The number of nitrogens with one attached hydrogen (secondary N) is 1. The average molecular weight is 415 g/mol. The number of ether oxygens (including phenoxy) is 1. The monoisotopic (exact) mass is 415 g/mol. The van der Waals surface area contributed by atoms with Crippen molar-refractivity contribution in [1.82, 2.24) is 25.1 Å². The number of nitrogens with zero attached hydrogens (tertiary/aromatic N) is 4. The van der Waals surface area contributed by atoms with Gasteiger partial charge in [0, 0.05) is 6.04 Å². The predicted octanol–water partition coefficient (Wildman–Crippen LogP) is 1.11. The molecule has 0 aliphatic carbocycles. The van der Waals surface area contributed by atoms with E-state index in [0.717, 1.165) is 16.8 Å². The van der Waals surface area contributed by atoms with Crippen molar-refractivity contribution in [3.63, 3.8) is 0 Å². The summed E-state index contributed by atoms with van der Waals surface area (Å²) >= 11 is 0. The summed E-state index contributed by atoms with van der Waals surface area (Å²) in [6, 6.07) is 5.72. The van der Waals surface area contributed by atoms with E-state index in [2.05, 4.69) is 26.4 Å². The van der Waals surface area contributed by atoms with Gasteiger partial charge in [0.1, 0.15) is 11.7 Å². The highest BCUT2D eigenvalue weighted by Gasteiger charge is 2.29. The van der Waals surface area contributed by atoms with E-state index < -0.39 is 9.84 Å². The molecule has 1 amide bonds. The Balaban J connectivity index is 1.50. The second kappa shape index (κ2) is 7.43. The highest BCUT2D eigenvalue weighted by Crippen LogP contribution is 2.24. The van der Waals surface area contributed by atoms with Crippen molar-refractivity contribution in [3.8, 4) is 11.6 Å². The maximum atomic E-state index is 12.1. The fourth-order valence-corrected chi connectivity index (χ4v) is 5.18. The van der Waals surface area contributed by atoms with Crippen molar-refractivity contribution >= 4 is 26.8 Å². The summed E-state index contributed by atoms with van der Waals surface area (Å²) in [7, 11) is -3.05. The number of amides is 1. The summed E-state index contributed by atoms with van der Waals surface area (Å²) in [4.78, 5) is 20.5. The zero-order chi connectivity index (χ0) is 20.6. The Hall–Kier alpha value is -3.01. The number of sulfone groups is 1. The SMILES string of the molecule is Cc1cc(C)cc(-n2ncc3c(OCC(=O)N[C@H]4CCS(=O)(=O)C4)ncnc32)c1. The molecule has 1 aromatic carbocycles. The van der Waals surface area contributed by atoms with E-state index in [4.69, 9.17) is 4.74 Å². The highest BCUT2D eigenvalue weighted by molar-refractivity contribution is 7.91.